The predicted molar refractivity (Wildman–Crippen MR) is 82.0 cm³/mol. The van der Waals surface area contributed by atoms with Crippen LogP contribution in [0.3, 0.4) is 0 Å². The third-order valence-electron chi connectivity index (χ3n) is 5.08. The van der Waals surface area contributed by atoms with Crippen molar-refractivity contribution >= 4 is 17.5 Å². The van der Waals surface area contributed by atoms with E-state index in [1.807, 2.05) is 24.3 Å². The highest BCUT2D eigenvalue weighted by molar-refractivity contribution is 6.30. The first-order chi connectivity index (χ1) is 9.62. The zero-order valence-electron chi connectivity index (χ0n) is 12.1. The number of hydrogen-bond acceptors (Lipinski definition) is 1. The molecular weight excluding hydrogens is 270 g/mol. The highest BCUT2D eigenvalue weighted by atomic mass is 35.5. The van der Waals surface area contributed by atoms with Gasteiger partial charge in [-0.3, -0.25) is 4.79 Å². The van der Waals surface area contributed by atoms with Gasteiger partial charge in [-0.05, 0) is 49.3 Å². The Morgan fingerprint density at radius 1 is 1.20 bits per heavy atom. The lowest BCUT2D eigenvalue weighted by molar-refractivity contribution is -0.142. The number of hydrogen-bond donors (Lipinski definition) is 0. The first kappa shape index (κ1) is 13.9. The van der Waals surface area contributed by atoms with Crippen LogP contribution in [0.2, 0.25) is 5.02 Å². The summed E-state index contributed by atoms with van der Waals surface area (Å²) in [5.74, 6) is 1.10. The van der Waals surface area contributed by atoms with E-state index in [-0.39, 0.29) is 5.41 Å². The second-order valence-corrected chi connectivity index (χ2v) is 6.85. The van der Waals surface area contributed by atoms with E-state index in [0.717, 1.165) is 61.7 Å². The molecule has 0 aromatic heterocycles. The minimum Gasteiger partial charge on any atom is -0.342 e. The molecule has 2 aliphatic rings. The van der Waals surface area contributed by atoms with Gasteiger partial charge in [-0.1, -0.05) is 37.1 Å². The first-order valence-corrected chi connectivity index (χ1v) is 8.05. The van der Waals surface area contributed by atoms with Crippen LogP contribution in [-0.2, 0) is 10.2 Å². The molecule has 1 aromatic carbocycles. The van der Waals surface area contributed by atoms with Gasteiger partial charge in [0.25, 0.3) is 0 Å². The van der Waals surface area contributed by atoms with Crippen molar-refractivity contribution < 1.29 is 4.79 Å². The summed E-state index contributed by atoms with van der Waals surface area (Å²) in [7, 11) is 0. The van der Waals surface area contributed by atoms with Crippen LogP contribution in [0, 0.1) is 5.92 Å². The Morgan fingerprint density at radius 3 is 2.30 bits per heavy atom. The molecule has 1 aliphatic heterocycles. The Morgan fingerprint density at radius 2 is 1.80 bits per heavy atom. The van der Waals surface area contributed by atoms with E-state index < -0.39 is 0 Å². The normalized spacial score (nSPS) is 22.4. The molecule has 1 heterocycles. The van der Waals surface area contributed by atoms with Gasteiger partial charge >= 0.3 is 0 Å². The third-order valence-corrected chi connectivity index (χ3v) is 5.34. The lowest BCUT2D eigenvalue weighted by Crippen LogP contribution is -2.52. The molecule has 0 spiro atoms. The van der Waals surface area contributed by atoms with E-state index in [9.17, 15) is 4.79 Å². The van der Waals surface area contributed by atoms with Crippen LogP contribution in [0.4, 0.5) is 0 Å². The number of likely N-dealkylation sites (tertiary alicyclic amines) is 1. The lowest BCUT2D eigenvalue weighted by atomic mass is 9.63. The minimum absolute atomic E-state index is 0.259. The molecule has 1 aliphatic carbocycles. The fourth-order valence-corrected chi connectivity index (χ4v) is 3.57. The van der Waals surface area contributed by atoms with Gasteiger partial charge in [0.05, 0.1) is 5.41 Å². The number of piperidine rings is 1. The van der Waals surface area contributed by atoms with Crippen LogP contribution in [0.1, 0.15) is 44.6 Å². The van der Waals surface area contributed by atoms with Crippen molar-refractivity contribution in [2.24, 2.45) is 5.92 Å². The molecule has 1 saturated heterocycles. The second-order valence-electron chi connectivity index (χ2n) is 6.42. The molecule has 1 saturated carbocycles. The monoisotopic (exact) mass is 291 g/mol. The molecule has 1 amide bonds. The van der Waals surface area contributed by atoms with Gasteiger partial charge in [0, 0.05) is 18.1 Å². The summed E-state index contributed by atoms with van der Waals surface area (Å²) in [5.41, 5.74) is 0.891. The molecule has 2 nitrogen and oxygen atoms in total. The minimum atomic E-state index is -0.259. The molecule has 0 bridgehead atoms. The molecule has 3 heteroatoms. The van der Waals surface area contributed by atoms with E-state index >= 15 is 0 Å². The second kappa shape index (κ2) is 5.40. The maximum atomic E-state index is 13.0. The highest BCUT2D eigenvalue weighted by Crippen LogP contribution is 2.45. The van der Waals surface area contributed by atoms with E-state index in [1.165, 1.54) is 0 Å². The summed E-state index contributed by atoms with van der Waals surface area (Å²) in [6.07, 6.45) is 5.41. The molecule has 1 aromatic rings. The molecule has 108 valence electrons. The quantitative estimate of drug-likeness (QED) is 0.806. The molecule has 0 radical (unpaired) electrons. The maximum absolute atomic E-state index is 13.0. The van der Waals surface area contributed by atoms with Crippen LogP contribution in [0.25, 0.3) is 0 Å². The number of benzene rings is 1. The van der Waals surface area contributed by atoms with Crippen molar-refractivity contribution in [1.82, 2.24) is 4.90 Å². The summed E-state index contributed by atoms with van der Waals surface area (Å²) in [6.45, 7) is 4.13. The maximum Gasteiger partial charge on any atom is 0.233 e. The summed E-state index contributed by atoms with van der Waals surface area (Å²) >= 11 is 5.97. The summed E-state index contributed by atoms with van der Waals surface area (Å²) in [6, 6.07) is 7.88. The first-order valence-electron chi connectivity index (χ1n) is 7.67. The number of nitrogens with zero attached hydrogens (tertiary/aromatic N) is 1. The number of carbonyl (C=O) groups excluding carboxylic acids is 1. The molecule has 2 fully saturated rings. The summed E-state index contributed by atoms with van der Waals surface area (Å²) in [5, 5.41) is 0.738. The van der Waals surface area contributed by atoms with E-state index in [4.69, 9.17) is 11.6 Å². The smallest absolute Gasteiger partial charge is 0.233 e. The van der Waals surface area contributed by atoms with Gasteiger partial charge in [0.1, 0.15) is 0 Å². The molecule has 20 heavy (non-hydrogen) atoms. The van der Waals surface area contributed by atoms with E-state index in [1.54, 1.807) is 0 Å². The van der Waals surface area contributed by atoms with Crippen LogP contribution < -0.4 is 0 Å². The van der Waals surface area contributed by atoms with E-state index in [2.05, 4.69) is 11.8 Å². The summed E-state index contributed by atoms with van der Waals surface area (Å²) in [4.78, 5) is 15.1. The number of amides is 1. The highest BCUT2D eigenvalue weighted by Gasteiger charge is 2.47. The van der Waals surface area contributed by atoms with Gasteiger partial charge in [-0.25, -0.2) is 0 Å². The fourth-order valence-electron chi connectivity index (χ4n) is 3.44. The van der Waals surface area contributed by atoms with Crippen LogP contribution in [0.5, 0.6) is 0 Å². The van der Waals surface area contributed by atoms with Crippen LogP contribution in [0.15, 0.2) is 24.3 Å². The van der Waals surface area contributed by atoms with Crippen molar-refractivity contribution in [2.75, 3.05) is 13.1 Å². The van der Waals surface area contributed by atoms with Gasteiger partial charge in [0.2, 0.25) is 5.91 Å². The average Bonchev–Trinajstić information content (AvgIpc) is 2.40. The van der Waals surface area contributed by atoms with E-state index in [0.29, 0.717) is 5.91 Å². The number of rotatable bonds is 2. The zero-order chi connectivity index (χ0) is 14.2. The van der Waals surface area contributed by atoms with Gasteiger partial charge in [-0.2, -0.15) is 0 Å². The van der Waals surface area contributed by atoms with Crippen LogP contribution in [-0.4, -0.2) is 23.9 Å². The van der Waals surface area contributed by atoms with Crippen molar-refractivity contribution in [3.8, 4) is 0 Å². The molecule has 0 unspecified atom stereocenters. The fraction of sp³-hybridized carbons (Fsp3) is 0.588. The molecule has 0 N–H and O–H groups in total. The van der Waals surface area contributed by atoms with Crippen molar-refractivity contribution in [2.45, 2.75) is 44.4 Å². The topological polar surface area (TPSA) is 20.3 Å². The summed E-state index contributed by atoms with van der Waals surface area (Å²) < 4.78 is 0. The number of carbonyl (C=O) groups is 1. The molecule has 0 atom stereocenters. The Labute approximate surface area is 126 Å². The third kappa shape index (κ3) is 2.35. The van der Waals surface area contributed by atoms with Crippen molar-refractivity contribution in [1.29, 1.82) is 0 Å². The Hall–Kier alpha value is -1.02. The predicted octanol–water partition coefficient (Wildman–Crippen LogP) is 4.02. The Bertz CT molecular complexity index is 484. The molecular formula is C17H22ClNO. The number of halogens is 1. The molecule has 3 rings (SSSR count). The van der Waals surface area contributed by atoms with Gasteiger partial charge < -0.3 is 4.90 Å². The largest absolute Gasteiger partial charge is 0.342 e. The lowest BCUT2D eigenvalue weighted by Gasteiger charge is -2.45. The standard InChI is InChI=1S/C17H22ClNO/c1-13-7-11-19(12-8-13)16(20)17(9-2-10-17)14-3-5-15(18)6-4-14/h3-6,13H,2,7-12H2,1H3. The SMILES string of the molecule is CC1CCN(C(=O)C2(c3ccc(Cl)cc3)CCC2)CC1. The average molecular weight is 292 g/mol. The van der Waals surface area contributed by atoms with Crippen molar-refractivity contribution in [3.05, 3.63) is 34.9 Å². The Balaban J connectivity index is 1.81. The van der Waals surface area contributed by atoms with Gasteiger partial charge in [-0.15, -0.1) is 0 Å². The van der Waals surface area contributed by atoms with Gasteiger partial charge in [0.15, 0.2) is 0 Å². The van der Waals surface area contributed by atoms with Crippen LogP contribution >= 0.6 is 11.6 Å². The Kier molecular flexibility index (Phi) is 3.76. The zero-order valence-corrected chi connectivity index (χ0v) is 12.8. The van der Waals surface area contributed by atoms with Crippen molar-refractivity contribution in [3.63, 3.8) is 0 Å².